The molecule has 150 valence electrons. The Kier molecular flexibility index (Phi) is 6.77. The first-order valence-corrected chi connectivity index (χ1v) is 10.3. The maximum Gasteiger partial charge on any atom is 0.293 e. The Morgan fingerprint density at radius 1 is 1.14 bits per heavy atom. The van der Waals surface area contributed by atoms with Gasteiger partial charge < -0.3 is 4.74 Å². The van der Waals surface area contributed by atoms with Gasteiger partial charge in [0.1, 0.15) is 5.75 Å². The van der Waals surface area contributed by atoms with Crippen LogP contribution in [0.3, 0.4) is 0 Å². The minimum atomic E-state index is -0.485. The third-order valence-electron chi connectivity index (χ3n) is 4.12. The Morgan fingerprint density at radius 3 is 2.52 bits per heavy atom. The number of thioether (sulfide) groups is 1. The Bertz CT molecular complexity index is 969. The van der Waals surface area contributed by atoms with E-state index in [1.165, 1.54) is 0 Å². The second kappa shape index (κ2) is 9.29. The molecule has 0 aromatic heterocycles. The molecule has 2 aromatic rings. The molecular formula is C22H20ClNO4S. The van der Waals surface area contributed by atoms with E-state index in [9.17, 15) is 14.4 Å². The molecule has 0 radical (unpaired) electrons. The summed E-state index contributed by atoms with van der Waals surface area (Å²) in [5, 5.41) is 0.0399. The van der Waals surface area contributed by atoms with Crippen molar-refractivity contribution in [3.63, 3.8) is 0 Å². The van der Waals surface area contributed by atoms with Gasteiger partial charge >= 0.3 is 0 Å². The molecule has 3 rings (SSSR count). The van der Waals surface area contributed by atoms with Crippen molar-refractivity contribution in [2.75, 3.05) is 13.2 Å². The van der Waals surface area contributed by atoms with Crippen molar-refractivity contribution in [3.8, 4) is 5.75 Å². The minimum Gasteiger partial charge on any atom is -0.493 e. The molecule has 1 aliphatic rings. The summed E-state index contributed by atoms with van der Waals surface area (Å²) in [6.45, 7) is 4.33. The van der Waals surface area contributed by atoms with Gasteiger partial charge in [0.15, 0.2) is 5.78 Å². The first-order valence-electron chi connectivity index (χ1n) is 9.11. The number of hydrogen-bond donors (Lipinski definition) is 0. The molecule has 2 aromatic carbocycles. The molecule has 0 spiro atoms. The third kappa shape index (κ3) is 5.28. The van der Waals surface area contributed by atoms with Crippen molar-refractivity contribution in [3.05, 3.63) is 69.6 Å². The second-order valence-electron chi connectivity index (χ2n) is 6.94. The maximum atomic E-state index is 12.7. The molecule has 5 nitrogen and oxygen atoms in total. The summed E-state index contributed by atoms with van der Waals surface area (Å²) in [4.78, 5) is 38.7. The van der Waals surface area contributed by atoms with Crippen LogP contribution in [0, 0.1) is 5.92 Å². The molecule has 0 unspecified atom stereocenters. The summed E-state index contributed by atoms with van der Waals surface area (Å²) < 4.78 is 5.80. The molecule has 1 heterocycles. The van der Waals surface area contributed by atoms with E-state index >= 15 is 0 Å². The Morgan fingerprint density at radius 2 is 1.83 bits per heavy atom. The third-order valence-corrected chi connectivity index (χ3v) is 5.28. The SMILES string of the molecule is CC(C)COc1ccccc1/C=C1/SC(=O)N(CC(=O)c2ccc(Cl)cc2)C1=O. The number of rotatable bonds is 7. The van der Waals surface area contributed by atoms with Gasteiger partial charge in [-0.25, -0.2) is 0 Å². The lowest BCUT2D eigenvalue weighted by atomic mass is 10.1. The second-order valence-corrected chi connectivity index (χ2v) is 8.37. The number of carbonyl (C=O) groups excluding carboxylic acids is 3. The number of Topliss-reactive ketones (excluding diaryl/α,β-unsaturated/α-hetero) is 1. The van der Waals surface area contributed by atoms with Gasteiger partial charge in [-0.05, 0) is 54.1 Å². The molecule has 29 heavy (non-hydrogen) atoms. The highest BCUT2D eigenvalue weighted by Crippen LogP contribution is 2.34. The van der Waals surface area contributed by atoms with Crippen LogP contribution in [-0.2, 0) is 4.79 Å². The molecule has 0 saturated carbocycles. The van der Waals surface area contributed by atoms with Gasteiger partial charge in [0.2, 0.25) is 0 Å². The van der Waals surface area contributed by atoms with E-state index in [2.05, 4.69) is 0 Å². The highest BCUT2D eigenvalue weighted by atomic mass is 35.5. The zero-order chi connectivity index (χ0) is 21.0. The molecule has 2 amide bonds. The number of para-hydroxylation sites is 1. The standard InChI is InChI=1S/C22H20ClNO4S/c1-14(2)13-28-19-6-4-3-5-16(19)11-20-21(26)24(22(27)29-20)12-18(25)15-7-9-17(23)10-8-15/h3-11,14H,12-13H2,1-2H3/b20-11+. The molecule has 1 saturated heterocycles. The molecular weight excluding hydrogens is 410 g/mol. The first kappa shape index (κ1) is 21.1. The van der Waals surface area contributed by atoms with Gasteiger partial charge in [-0.3, -0.25) is 19.3 Å². The predicted octanol–water partition coefficient (Wildman–Crippen LogP) is 5.29. The highest BCUT2D eigenvalue weighted by Gasteiger charge is 2.36. The van der Waals surface area contributed by atoms with Gasteiger partial charge in [0, 0.05) is 16.1 Å². The van der Waals surface area contributed by atoms with E-state index in [4.69, 9.17) is 16.3 Å². The Hall–Kier alpha value is -2.57. The highest BCUT2D eigenvalue weighted by molar-refractivity contribution is 8.18. The van der Waals surface area contributed by atoms with Crippen LogP contribution in [0.15, 0.2) is 53.4 Å². The lowest BCUT2D eigenvalue weighted by molar-refractivity contribution is -0.122. The van der Waals surface area contributed by atoms with Gasteiger partial charge in [-0.1, -0.05) is 43.6 Å². The van der Waals surface area contributed by atoms with Gasteiger partial charge in [-0.15, -0.1) is 0 Å². The average Bonchev–Trinajstić information content (AvgIpc) is 2.95. The zero-order valence-corrected chi connectivity index (χ0v) is 17.6. The fourth-order valence-corrected chi connectivity index (χ4v) is 3.59. The van der Waals surface area contributed by atoms with Crippen LogP contribution in [0.4, 0.5) is 4.79 Å². The largest absolute Gasteiger partial charge is 0.493 e. The molecule has 0 N–H and O–H groups in total. The summed E-state index contributed by atoms with van der Waals surface area (Å²) in [6.07, 6.45) is 1.63. The number of halogens is 1. The molecule has 0 bridgehead atoms. The minimum absolute atomic E-state index is 0.263. The first-order chi connectivity index (χ1) is 13.8. The van der Waals surface area contributed by atoms with Crippen LogP contribution in [0.25, 0.3) is 6.08 Å². The number of carbonyl (C=O) groups is 3. The van der Waals surface area contributed by atoms with Gasteiger partial charge in [-0.2, -0.15) is 0 Å². The van der Waals surface area contributed by atoms with Crippen molar-refractivity contribution in [2.24, 2.45) is 5.92 Å². The zero-order valence-electron chi connectivity index (χ0n) is 16.1. The molecule has 7 heteroatoms. The van der Waals surface area contributed by atoms with Crippen LogP contribution in [0.2, 0.25) is 5.02 Å². The summed E-state index contributed by atoms with van der Waals surface area (Å²) in [5.74, 6) is 0.186. The lowest BCUT2D eigenvalue weighted by Crippen LogP contribution is -2.33. The molecule has 0 aliphatic carbocycles. The van der Waals surface area contributed by atoms with Crippen molar-refractivity contribution in [2.45, 2.75) is 13.8 Å². The van der Waals surface area contributed by atoms with Crippen LogP contribution in [-0.4, -0.2) is 35.0 Å². The predicted molar refractivity (Wildman–Crippen MR) is 115 cm³/mol. The van der Waals surface area contributed by atoms with Crippen molar-refractivity contribution in [1.82, 2.24) is 4.90 Å². The quantitative estimate of drug-likeness (QED) is 0.441. The van der Waals surface area contributed by atoms with Gasteiger partial charge in [0.25, 0.3) is 11.1 Å². The topological polar surface area (TPSA) is 63.7 Å². The van der Waals surface area contributed by atoms with E-state index in [-0.39, 0.29) is 17.2 Å². The fourth-order valence-electron chi connectivity index (χ4n) is 2.64. The Labute approximate surface area is 178 Å². The maximum absolute atomic E-state index is 12.7. The monoisotopic (exact) mass is 429 g/mol. The number of imide groups is 1. The summed E-state index contributed by atoms with van der Waals surface area (Å²) in [5.41, 5.74) is 1.10. The average molecular weight is 430 g/mol. The fraction of sp³-hybridized carbons (Fsp3) is 0.227. The smallest absolute Gasteiger partial charge is 0.293 e. The number of nitrogens with zero attached hydrogens (tertiary/aromatic N) is 1. The number of hydrogen-bond acceptors (Lipinski definition) is 5. The summed E-state index contributed by atoms with van der Waals surface area (Å²) >= 11 is 6.65. The summed E-state index contributed by atoms with van der Waals surface area (Å²) in [7, 11) is 0. The van der Waals surface area contributed by atoms with E-state index in [1.807, 2.05) is 38.1 Å². The Balaban J connectivity index is 1.77. The molecule has 1 fully saturated rings. The normalized spacial score (nSPS) is 15.4. The number of ketones is 1. The van der Waals surface area contributed by atoms with Crippen LogP contribution < -0.4 is 4.74 Å². The molecule has 1 aliphatic heterocycles. The van der Waals surface area contributed by atoms with E-state index in [0.29, 0.717) is 34.4 Å². The van der Waals surface area contributed by atoms with E-state index in [0.717, 1.165) is 16.7 Å². The molecule has 0 atom stereocenters. The number of ether oxygens (including phenoxy) is 1. The van der Waals surface area contributed by atoms with Crippen molar-refractivity contribution >= 4 is 46.4 Å². The van der Waals surface area contributed by atoms with Crippen molar-refractivity contribution in [1.29, 1.82) is 0 Å². The van der Waals surface area contributed by atoms with Crippen LogP contribution in [0.5, 0.6) is 5.75 Å². The lowest BCUT2D eigenvalue weighted by Gasteiger charge is -2.12. The number of amides is 2. The van der Waals surface area contributed by atoms with Gasteiger partial charge in [0.05, 0.1) is 18.1 Å². The van der Waals surface area contributed by atoms with Crippen LogP contribution >= 0.6 is 23.4 Å². The number of benzene rings is 2. The van der Waals surface area contributed by atoms with E-state index in [1.54, 1.807) is 30.3 Å². The van der Waals surface area contributed by atoms with E-state index < -0.39 is 11.1 Å². The van der Waals surface area contributed by atoms with Crippen LogP contribution in [0.1, 0.15) is 29.8 Å². The summed E-state index contributed by atoms with van der Waals surface area (Å²) in [6, 6.07) is 13.7. The van der Waals surface area contributed by atoms with Crippen molar-refractivity contribution < 1.29 is 19.1 Å².